The van der Waals surface area contributed by atoms with E-state index in [1.54, 1.807) is 0 Å². The molecule has 0 spiro atoms. The van der Waals surface area contributed by atoms with Crippen molar-refractivity contribution >= 4 is 39.5 Å². The SMILES string of the molecule is CCCCCCCCCCCCCCC(=O)OC[C@H](COP(=O)(O)OC[C@@H](O)COP(=O)(O)OC[C@@H](COC(=O)CCCCCCCCCCCCC)OC(=O)CCCCCCCCCCC(C)C)OC(=O)CCCCCCCCCCCCCCCCCCCCC(C)C. The Morgan fingerprint density at radius 3 is 0.716 bits per heavy atom. The van der Waals surface area contributed by atoms with Gasteiger partial charge in [-0.2, -0.15) is 0 Å². The second-order valence-electron chi connectivity index (χ2n) is 28.3. The molecule has 0 aliphatic carbocycles. The summed E-state index contributed by atoms with van der Waals surface area (Å²) in [6.07, 6.45) is 55.5. The van der Waals surface area contributed by atoms with Gasteiger partial charge in [-0.05, 0) is 37.5 Å². The zero-order chi connectivity index (χ0) is 70.0. The first kappa shape index (κ1) is 93.1. The van der Waals surface area contributed by atoms with Crippen LogP contribution in [0.15, 0.2) is 0 Å². The highest BCUT2D eigenvalue weighted by atomic mass is 31.2. The summed E-state index contributed by atoms with van der Waals surface area (Å²) in [6.45, 7) is 9.58. The van der Waals surface area contributed by atoms with Crippen LogP contribution < -0.4 is 0 Å². The lowest BCUT2D eigenvalue weighted by atomic mass is 10.0. The summed E-state index contributed by atoms with van der Waals surface area (Å²) in [4.78, 5) is 72.7. The molecule has 0 radical (unpaired) electrons. The monoisotopic (exact) mass is 1400 g/mol. The Balaban J connectivity index is 5.19. The second-order valence-corrected chi connectivity index (χ2v) is 31.3. The first-order valence-corrected chi connectivity index (χ1v) is 42.5. The van der Waals surface area contributed by atoms with E-state index in [0.29, 0.717) is 25.7 Å². The summed E-state index contributed by atoms with van der Waals surface area (Å²) in [6, 6.07) is 0. The van der Waals surface area contributed by atoms with Crippen molar-refractivity contribution in [3.63, 3.8) is 0 Å². The molecule has 0 rings (SSSR count). The number of hydrogen-bond acceptors (Lipinski definition) is 15. The van der Waals surface area contributed by atoms with Crippen molar-refractivity contribution in [3.05, 3.63) is 0 Å². The summed E-state index contributed by atoms with van der Waals surface area (Å²) in [5.74, 6) is -0.578. The standard InChI is InChI=1S/C76H148O17P2/c1-7-9-11-13-15-17-19-30-34-41-47-53-59-74(79)87-64-71(92-75(80)60-54-48-42-35-31-27-25-23-21-20-22-24-26-29-32-38-44-50-56-68(3)4)66-90-94(82,83)88-62-70(77)63-89-95(84,85)91-67-72(93-76(81)61-55-49-43-37-36-39-45-51-57-69(5)6)65-86-73(78)58-52-46-40-33-28-18-16-14-12-10-8-2/h68-72,77H,7-67H2,1-6H3,(H,82,83)(H,84,85)/t70-,71-,72-/m1/s1. The van der Waals surface area contributed by atoms with Gasteiger partial charge in [-0.1, -0.05) is 343 Å². The molecule has 2 unspecified atom stereocenters. The van der Waals surface area contributed by atoms with Gasteiger partial charge in [0.2, 0.25) is 0 Å². The van der Waals surface area contributed by atoms with E-state index in [4.69, 9.17) is 37.0 Å². The summed E-state index contributed by atoms with van der Waals surface area (Å²) in [5, 5.41) is 10.6. The van der Waals surface area contributed by atoms with Crippen LogP contribution in [0.1, 0.15) is 395 Å². The fourth-order valence-corrected chi connectivity index (χ4v) is 13.2. The number of aliphatic hydroxyl groups excluding tert-OH is 1. The molecule has 95 heavy (non-hydrogen) atoms. The second kappa shape index (κ2) is 67.9. The van der Waals surface area contributed by atoms with Crippen molar-refractivity contribution in [2.45, 2.75) is 413 Å². The Bertz CT molecular complexity index is 1840. The van der Waals surface area contributed by atoms with Crippen LogP contribution in [0.25, 0.3) is 0 Å². The fraction of sp³-hybridized carbons (Fsp3) is 0.947. The lowest BCUT2D eigenvalue weighted by Gasteiger charge is -2.21. The lowest BCUT2D eigenvalue weighted by Crippen LogP contribution is -2.30. The Hall–Kier alpha value is -1.94. The molecule has 0 aromatic heterocycles. The van der Waals surface area contributed by atoms with Crippen LogP contribution in [0.5, 0.6) is 0 Å². The van der Waals surface area contributed by atoms with Crippen molar-refractivity contribution in [3.8, 4) is 0 Å². The van der Waals surface area contributed by atoms with Crippen LogP contribution in [-0.2, 0) is 65.4 Å². The van der Waals surface area contributed by atoms with Crippen molar-refractivity contribution in [1.29, 1.82) is 0 Å². The third kappa shape index (κ3) is 70.3. The van der Waals surface area contributed by atoms with Crippen LogP contribution in [0.4, 0.5) is 0 Å². The normalized spacial score (nSPS) is 14.0. The van der Waals surface area contributed by atoms with E-state index in [1.807, 2.05) is 0 Å². The van der Waals surface area contributed by atoms with Crippen LogP contribution in [0, 0.1) is 11.8 Å². The Morgan fingerprint density at radius 2 is 0.484 bits per heavy atom. The number of phosphoric ester groups is 2. The van der Waals surface area contributed by atoms with Gasteiger partial charge in [-0.3, -0.25) is 37.3 Å². The van der Waals surface area contributed by atoms with E-state index in [-0.39, 0.29) is 25.7 Å². The van der Waals surface area contributed by atoms with Crippen LogP contribution in [-0.4, -0.2) is 96.7 Å². The minimum atomic E-state index is -4.96. The van der Waals surface area contributed by atoms with Gasteiger partial charge in [0.25, 0.3) is 0 Å². The molecule has 3 N–H and O–H groups in total. The highest BCUT2D eigenvalue weighted by Gasteiger charge is 2.30. The highest BCUT2D eigenvalue weighted by molar-refractivity contribution is 7.47. The molecule has 0 aromatic carbocycles. The highest BCUT2D eigenvalue weighted by Crippen LogP contribution is 2.45. The minimum absolute atomic E-state index is 0.105. The van der Waals surface area contributed by atoms with Gasteiger partial charge in [0.05, 0.1) is 26.4 Å². The molecule has 0 heterocycles. The van der Waals surface area contributed by atoms with E-state index < -0.39 is 97.5 Å². The quantitative estimate of drug-likeness (QED) is 0.0222. The molecule has 0 saturated carbocycles. The Labute approximate surface area is 581 Å². The van der Waals surface area contributed by atoms with Gasteiger partial charge < -0.3 is 33.8 Å². The molecule has 0 amide bonds. The number of ether oxygens (including phenoxy) is 4. The van der Waals surface area contributed by atoms with E-state index in [2.05, 4.69) is 41.5 Å². The lowest BCUT2D eigenvalue weighted by molar-refractivity contribution is -0.161. The van der Waals surface area contributed by atoms with Gasteiger partial charge in [-0.25, -0.2) is 9.13 Å². The van der Waals surface area contributed by atoms with Crippen LogP contribution >= 0.6 is 15.6 Å². The van der Waals surface area contributed by atoms with E-state index in [1.165, 1.54) is 212 Å². The molecular formula is C76H148O17P2. The van der Waals surface area contributed by atoms with E-state index in [9.17, 15) is 43.2 Å². The van der Waals surface area contributed by atoms with Crippen LogP contribution in [0.3, 0.4) is 0 Å². The van der Waals surface area contributed by atoms with Gasteiger partial charge >= 0.3 is 39.5 Å². The maximum Gasteiger partial charge on any atom is 0.472 e. The fourth-order valence-electron chi connectivity index (χ4n) is 11.7. The number of esters is 4. The van der Waals surface area contributed by atoms with Gasteiger partial charge in [0.1, 0.15) is 19.3 Å². The molecule has 19 heteroatoms. The van der Waals surface area contributed by atoms with E-state index in [0.717, 1.165) is 102 Å². The van der Waals surface area contributed by atoms with Crippen molar-refractivity contribution in [2.24, 2.45) is 11.8 Å². The molecule has 0 aliphatic heterocycles. The minimum Gasteiger partial charge on any atom is -0.462 e. The molecule has 17 nitrogen and oxygen atoms in total. The summed E-state index contributed by atoms with van der Waals surface area (Å²) < 4.78 is 68.5. The van der Waals surface area contributed by atoms with Gasteiger partial charge in [0.15, 0.2) is 12.2 Å². The molecule has 0 aromatic rings. The third-order valence-electron chi connectivity index (χ3n) is 17.7. The maximum atomic E-state index is 13.1. The van der Waals surface area contributed by atoms with Crippen molar-refractivity contribution in [2.75, 3.05) is 39.6 Å². The molecule has 564 valence electrons. The van der Waals surface area contributed by atoms with Gasteiger partial charge in [-0.15, -0.1) is 0 Å². The molecule has 0 aliphatic rings. The summed E-state index contributed by atoms with van der Waals surface area (Å²) >= 11 is 0. The number of rotatable bonds is 75. The first-order chi connectivity index (χ1) is 45.9. The molecule has 0 fully saturated rings. The molecular weight excluding hydrogens is 1250 g/mol. The van der Waals surface area contributed by atoms with Crippen LogP contribution in [0.2, 0.25) is 0 Å². The summed E-state index contributed by atoms with van der Waals surface area (Å²) in [5.41, 5.74) is 0. The number of carbonyl (C=O) groups is 4. The maximum absolute atomic E-state index is 13.1. The number of unbranched alkanes of at least 4 members (excludes halogenated alkanes) is 45. The average Bonchev–Trinajstić information content (AvgIpc) is 1.84. The molecule has 5 atom stereocenters. The van der Waals surface area contributed by atoms with Crippen molar-refractivity contribution in [1.82, 2.24) is 0 Å². The zero-order valence-corrected chi connectivity index (χ0v) is 63.8. The Morgan fingerprint density at radius 1 is 0.284 bits per heavy atom. The third-order valence-corrected chi connectivity index (χ3v) is 19.6. The number of aliphatic hydroxyl groups is 1. The van der Waals surface area contributed by atoms with Gasteiger partial charge in [0, 0.05) is 25.7 Å². The predicted molar refractivity (Wildman–Crippen MR) is 386 cm³/mol. The van der Waals surface area contributed by atoms with Crippen molar-refractivity contribution < 1.29 is 80.2 Å². The number of hydrogen-bond donors (Lipinski definition) is 3. The smallest absolute Gasteiger partial charge is 0.462 e. The predicted octanol–water partition coefficient (Wildman–Crippen LogP) is 22.3. The average molecular weight is 1400 g/mol. The zero-order valence-electron chi connectivity index (χ0n) is 62.0. The molecule has 0 bridgehead atoms. The summed E-state index contributed by atoms with van der Waals surface area (Å²) in [7, 11) is -9.91. The first-order valence-electron chi connectivity index (χ1n) is 39.5. The number of carbonyl (C=O) groups excluding carboxylic acids is 4. The van der Waals surface area contributed by atoms with E-state index >= 15 is 0 Å². The topological polar surface area (TPSA) is 237 Å². The molecule has 0 saturated heterocycles. The number of phosphoric acid groups is 2. The largest absolute Gasteiger partial charge is 0.472 e. The Kier molecular flexibility index (Phi) is 66.5.